The first kappa shape index (κ1) is 59.7. The van der Waals surface area contributed by atoms with E-state index in [2.05, 4.69) is 160 Å². The minimum absolute atomic E-state index is 0. The highest BCUT2D eigenvalue weighted by atomic mass is 16.7. The van der Waals surface area contributed by atoms with Gasteiger partial charge in [-0.1, -0.05) is 120 Å². The average molecular weight is 1000 g/mol. The van der Waals surface area contributed by atoms with E-state index in [-0.39, 0.29) is 59.5 Å². The number of carbonyl (C=O) groups is 2. The zero-order valence-corrected chi connectivity index (χ0v) is 40.6. The number of hydrogen-bond acceptors (Lipinski definition) is 9. The summed E-state index contributed by atoms with van der Waals surface area (Å²) in [6, 6.07) is 8.46. The van der Waals surface area contributed by atoms with Crippen LogP contribution in [0.4, 0.5) is 0 Å². The summed E-state index contributed by atoms with van der Waals surface area (Å²) in [7, 11) is 0. The Hall–Kier alpha value is -7.40. The zero-order valence-electron chi connectivity index (χ0n) is 40.6. The molecule has 1 aromatic rings. The molecular formula is C60H110N2O9. The minimum atomic E-state index is -1.73. The smallest absolute Gasteiger partial charge is 0.297 e. The van der Waals surface area contributed by atoms with Gasteiger partial charge in [-0.2, -0.15) is 0 Å². The molecule has 1 heterocycles. The Bertz CT molecular complexity index is 2700. The van der Waals surface area contributed by atoms with Crippen LogP contribution in [-0.4, -0.2) is 99.5 Å². The third kappa shape index (κ3) is 30.0. The van der Waals surface area contributed by atoms with Crippen LogP contribution in [0.15, 0.2) is 30.3 Å². The molecule has 0 radical (unpaired) electrons. The second-order valence-corrected chi connectivity index (χ2v) is 15.9. The maximum absolute atomic E-state index is 12.9. The molecule has 71 heavy (non-hydrogen) atoms. The van der Waals surface area contributed by atoms with Gasteiger partial charge in [0.1, 0.15) is 30.5 Å². The molecule has 0 saturated carbocycles. The van der Waals surface area contributed by atoms with Crippen LogP contribution in [0, 0.1) is 142 Å². The van der Waals surface area contributed by atoms with Crippen molar-refractivity contribution >= 4 is 11.8 Å². The van der Waals surface area contributed by atoms with Crippen molar-refractivity contribution in [2.45, 2.75) is 166 Å². The van der Waals surface area contributed by atoms with Crippen molar-refractivity contribution in [1.29, 1.82) is 0 Å². The number of aliphatic hydroxyl groups excluding tert-OH is 5. The molecule has 0 aromatic heterocycles. The van der Waals surface area contributed by atoms with Gasteiger partial charge in [-0.25, -0.2) is 0 Å². The average Bonchev–Trinajstić information content (AvgIpc) is 3.37. The van der Waals surface area contributed by atoms with Gasteiger partial charge in [0.05, 0.1) is 18.8 Å². The van der Waals surface area contributed by atoms with Gasteiger partial charge in [-0.05, 0) is 126 Å². The lowest BCUT2D eigenvalue weighted by atomic mass is 9.98. The summed E-state index contributed by atoms with van der Waals surface area (Å²) in [5.74, 6) is 58.4. The van der Waals surface area contributed by atoms with Gasteiger partial charge < -0.3 is 45.6 Å². The summed E-state index contributed by atoms with van der Waals surface area (Å²) >= 11 is 0. The number of nitrogens with one attached hydrogen (secondary N) is 2. The van der Waals surface area contributed by atoms with E-state index < -0.39 is 61.5 Å². The van der Waals surface area contributed by atoms with E-state index in [0.717, 1.165) is 31.2 Å². The molecule has 1 saturated heterocycles. The first-order valence-corrected chi connectivity index (χ1v) is 23.9. The Morgan fingerprint density at radius 1 is 0.620 bits per heavy atom. The number of aryl methyl sites for hydroxylation is 1. The van der Waals surface area contributed by atoms with Gasteiger partial charge in [0, 0.05) is 88.6 Å². The Morgan fingerprint density at radius 3 is 1.58 bits per heavy atom. The lowest BCUT2D eigenvalue weighted by Gasteiger charge is -2.41. The van der Waals surface area contributed by atoms with E-state index in [1.54, 1.807) is 6.92 Å². The quantitative estimate of drug-likeness (QED) is 0.0372. The number of rotatable bonds is 25. The van der Waals surface area contributed by atoms with Crippen LogP contribution in [0.2, 0.25) is 0 Å². The fourth-order valence-corrected chi connectivity index (χ4v) is 6.66. The van der Waals surface area contributed by atoms with Crippen molar-refractivity contribution in [2.75, 3.05) is 13.2 Å². The highest BCUT2D eigenvalue weighted by Gasteiger charge is 2.45. The number of hydrogen-bond donors (Lipinski definition) is 7. The molecule has 1 fully saturated rings. The molecule has 2 unspecified atom stereocenters. The van der Waals surface area contributed by atoms with Crippen molar-refractivity contribution in [2.24, 2.45) is 0 Å². The van der Waals surface area contributed by atoms with E-state index >= 15 is 0 Å². The molecule has 1 aromatic carbocycles. The van der Waals surface area contributed by atoms with E-state index in [1.165, 1.54) is 44.9 Å². The lowest BCUT2D eigenvalue weighted by molar-refractivity contribution is -0.297. The summed E-state index contributed by atoms with van der Waals surface area (Å²) < 4.78 is 11.6. The van der Waals surface area contributed by atoms with Crippen molar-refractivity contribution in [3.8, 4) is 142 Å². The maximum Gasteiger partial charge on any atom is 0.297 e. The van der Waals surface area contributed by atoms with Gasteiger partial charge in [-0.3, -0.25) is 9.59 Å². The van der Waals surface area contributed by atoms with Gasteiger partial charge in [0.2, 0.25) is 5.91 Å². The van der Waals surface area contributed by atoms with Crippen molar-refractivity contribution < 1.29 is 78.8 Å². The normalized spacial score (nSPS) is 16.7. The molecule has 7 N–H and O–H groups in total. The molecule has 2 amide bonds. The summed E-state index contributed by atoms with van der Waals surface area (Å²) in [4.78, 5) is 25.5. The standard InChI is InChI=1S/C60H62N2O9.24H2/c1-3-5-7-9-11-13-15-17-18-19-20-21-22-23-24-25-26-27-29-31-33-35-40-46-55(65)62-51(56(66)52(63)45-39-34-32-30-28-16-14-12-10-8-6-4-2)49-70-60-59(69)58(68)57(67)53(71-60)48-61-54(64)47-41-44-50-42-37-36-38-43-50;;;;;;;;;;;;;;;;;;;;;;;;/h36-38,42-43,51-53,56-60,63,66-69H,4,6,8,10,12,14,16,28,30,32,34,39,41,44-45,47-49H2,1-2H3,(H,61,64)(H,62,65);24*1H/t51-,52+,53?,56-,57-,58-,59?,60-;;;;;;;;;;;;;;;;;;;;;;;;/m0......................../s1. The van der Waals surface area contributed by atoms with E-state index in [1.807, 2.05) is 30.3 Å². The van der Waals surface area contributed by atoms with Crippen LogP contribution in [0.25, 0.3) is 0 Å². The SMILES string of the molecule is CC#CC#CC#CC#CC#CC#CC#CC#CC#CC#CC#CC#CC(=O)N[C@@H](CO[C@H]1OC(CNC(=O)CCCc2ccccc2)[C@H](O)[C@H](O)C1O)[C@H](O)[C@H](O)CCCCCCCCCCCCCC.[HH].[HH].[HH].[HH].[HH].[HH].[HH].[HH].[HH].[HH].[HH].[HH].[HH].[HH].[HH].[HH].[HH].[HH].[HH].[HH].[HH].[HH].[HH].[HH]. The second kappa shape index (κ2) is 40.5. The number of carbonyl (C=O) groups excluding carboxylic acids is 2. The summed E-state index contributed by atoms with van der Waals surface area (Å²) in [6.07, 6.45) is 4.83. The third-order valence-corrected chi connectivity index (χ3v) is 10.4. The summed E-state index contributed by atoms with van der Waals surface area (Å²) in [5, 5.41) is 59.6. The van der Waals surface area contributed by atoms with Crippen molar-refractivity contribution in [1.82, 2.24) is 10.6 Å². The second-order valence-electron chi connectivity index (χ2n) is 15.9. The van der Waals surface area contributed by atoms with E-state index in [4.69, 9.17) is 9.47 Å². The fraction of sp³-hybridized carbons (Fsp3) is 0.467. The Balaban J connectivity index is -0.000000103. The topological polar surface area (TPSA) is 178 Å². The number of amides is 2. The number of aliphatic hydroxyl groups is 5. The van der Waals surface area contributed by atoms with Crippen molar-refractivity contribution in [3.63, 3.8) is 0 Å². The first-order chi connectivity index (χ1) is 34.7. The summed E-state index contributed by atoms with van der Waals surface area (Å²) in [5.41, 5.74) is 1.10. The maximum atomic E-state index is 12.9. The molecule has 11 nitrogen and oxygen atoms in total. The van der Waals surface area contributed by atoms with Crippen LogP contribution in [0.5, 0.6) is 0 Å². The molecule has 2 rings (SSSR count). The highest BCUT2D eigenvalue weighted by Crippen LogP contribution is 2.23. The number of ether oxygens (including phenoxy) is 2. The van der Waals surface area contributed by atoms with Crippen LogP contribution < -0.4 is 10.6 Å². The van der Waals surface area contributed by atoms with Crippen LogP contribution in [-0.2, 0) is 25.5 Å². The van der Waals surface area contributed by atoms with Crippen molar-refractivity contribution in [3.05, 3.63) is 35.9 Å². The molecule has 1 aliphatic heterocycles. The fourth-order valence-electron chi connectivity index (χ4n) is 6.66. The first-order valence-electron chi connectivity index (χ1n) is 23.9. The van der Waals surface area contributed by atoms with Gasteiger partial charge >= 0.3 is 0 Å². The minimum Gasteiger partial charge on any atom is -0.390 e. The molecule has 414 valence electrons. The van der Waals surface area contributed by atoms with Crippen LogP contribution in [0.1, 0.15) is 150 Å². The van der Waals surface area contributed by atoms with Gasteiger partial charge in [0.25, 0.3) is 5.91 Å². The van der Waals surface area contributed by atoms with E-state index in [9.17, 15) is 35.1 Å². The largest absolute Gasteiger partial charge is 0.390 e. The predicted octanol–water partition coefficient (Wildman–Crippen LogP) is 9.21. The Labute approximate surface area is 457 Å². The molecule has 0 bridgehead atoms. The molecule has 1 aliphatic rings. The summed E-state index contributed by atoms with van der Waals surface area (Å²) in [6.45, 7) is 3.20. The molecule has 0 aliphatic carbocycles. The van der Waals surface area contributed by atoms with E-state index in [0.29, 0.717) is 19.3 Å². The molecular weight excluding hydrogens is 893 g/mol. The third-order valence-electron chi connectivity index (χ3n) is 10.4. The van der Waals surface area contributed by atoms with Gasteiger partial charge in [-0.15, -0.1) is 0 Å². The molecule has 8 atom stereocenters. The highest BCUT2D eigenvalue weighted by molar-refractivity contribution is 5.94. The molecule has 11 heteroatoms. The van der Waals surface area contributed by atoms with Crippen LogP contribution in [0.3, 0.4) is 0 Å². The zero-order chi connectivity index (χ0) is 51.4. The number of benzene rings is 1. The lowest BCUT2D eigenvalue weighted by Crippen LogP contribution is -2.61. The van der Waals surface area contributed by atoms with Crippen LogP contribution >= 0.6 is 0 Å². The monoisotopic (exact) mass is 1000 g/mol. The molecule has 0 spiro atoms. The van der Waals surface area contributed by atoms with Gasteiger partial charge in [0.15, 0.2) is 6.29 Å². The Morgan fingerprint density at radius 2 is 1.08 bits per heavy atom. The predicted molar refractivity (Wildman–Crippen MR) is 324 cm³/mol. The number of unbranched alkanes of at least 4 members (excludes halogenated alkanes) is 11. The Kier molecular flexibility index (Phi) is 34.1.